The van der Waals surface area contributed by atoms with Crippen molar-refractivity contribution in [3.05, 3.63) is 24.2 Å². The lowest BCUT2D eigenvalue weighted by Crippen LogP contribution is -2.08. The highest BCUT2D eigenvalue weighted by molar-refractivity contribution is 8.77. The van der Waals surface area contributed by atoms with Gasteiger partial charge >= 0.3 is 5.97 Å². The molecule has 0 spiro atoms. The fourth-order valence-corrected chi connectivity index (χ4v) is 4.98. The standard InChI is InChI=1S/C16H26O4S2.C2H6/c1-3-14(17)8-9-16(18)20-12-19-13(2)6-4-5-7-15-10-11-21-22-15;1-2/h3,15,17H,2,4-12H2,1H3;1-2H3/b14-3+;. The molecule has 1 aliphatic heterocycles. The van der Waals surface area contributed by atoms with Gasteiger partial charge in [-0.05, 0) is 32.3 Å². The average Bonchev–Trinajstić information content (AvgIpc) is 3.11. The van der Waals surface area contributed by atoms with Crippen LogP contribution in [-0.2, 0) is 14.3 Å². The molecule has 0 radical (unpaired) electrons. The Labute approximate surface area is 154 Å². The highest BCUT2D eigenvalue weighted by atomic mass is 33.1. The summed E-state index contributed by atoms with van der Waals surface area (Å²) in [4.78, 5) is 11.4. The summed E-state index contributed by atoms with van der Waals surface area (Å²) in [6, 6.07) is 0. The fourth-order valence-electron chi connectivity index (χ4n) is 1.96. The van der Waals surface area contributed by atoms with Crippen LogP contribution in [0.5, 0.6) is 0 Å². The molecule has 0 bridgehead atoms. The Morgan fingerprint density at radius 3 is 2.62 bits per heavy atom. The van der Waals surface area contributed by atoms with Gasteiger partial charge in [-0.25, -0.2) is 0 Å². The average molecular weight is 377 g/mol. The molecular formula is C18H32O4S2. The molecule has 0 saturated carbocycles. The van der Waals surface area contributed by atoms with Gasteiger partial charge in [-0.3, -0.25) is 4.79 Å². The molecule has 1 atom stereocenters. The summed E-state index contributed by atoms with van der Waals surface area (Å²) >= 11 is 0. The predicted octanol–water partition coefficient (Wildman–Crippen LogP) is 6.00. The summed E-state index contributed by atoms with van der Waals surface area (Å²) in [5, 5.41) is 10.0. The van der Waals surface area contributed by atoms with E-state index in [0.29, 0.717) is 12.2 Å². The normalized spacial score (nSPS) is 17.0. The van der Waals surface area contributed by atoms with Gasteiger partial charge < -0.3 is 14.6 Å². The van der Waals surface area contributed by atoms with Crippen molar-refractivity contribution in [2.24, 2.45) is 0 Å². The van der Waals surface area contributed by atoms with E-state index in [9.17, 15) is 9.90 Å². The van der Waals surface area contributed by atoms with Crippen molar-refractivity contribution < 1.29 is 19.4 Å². The van der Waals surface area contributed by atoms with Crippen LogP contribution in [0.2, 0.25) is 0 Å². The van der Waals surface area contributed by atoms with Crippen LogP contribution in [0, 0.1) is 0 Å². The Morgan fingerprint density at radius 2 is 2.00 bits per heavy atom. The van der Waals surface area contributed by atoms with Crippen molar-refractivity contribution in [2.45, 2.75) is 71.0 Å². The van der Waals surface area contributed by atoms with Crippen LogP contribution >= 0.6 is 21.6 Å². The second-order valence-corrected chi connectivity index (χ2v) is 7.96. The van der Waals surface area contributed by atoms with E-state index in [1.807, 2.05) is 35.4 Å². The maximum atomic E-state index is 11.4. The second-order valence-electron chi connectivity index (χ2n) is 5.17. The molecule has 0 aliphatic carbocycles. The van der Waals surface area contributed by atoms with Gasteiger partial charge in [-0.15, -0.1) is 0 Å². The summed E-state index contributed by atoms with van der Waals surface area (Å²) in [6.07, 6.45) is 7.65. The number of ether oxygens (including phenoxy) is 2. The molecule has 1 N–H and O–H groups in total. The third kappa shape index (κ3) is 12.6. The van der Waals surface area contributed by atoms with Crippen LogP contribution in [0.15, 0.2) is 24.2 Å². The molecule has 1 saturated heterocycles. The molecule has 0 aromatic carbocycles. The number of unbranched alkanes of at least 4 members (excludes halogenated alkanes) is 1. The molecule has 0 aromatic rings. The number of aliphatic hydroxyl groups excluding tert-OH is 1. The van der Waals surface area contributed by atoms with E-state index in [-0.39, 0.29) is 24.9 Å². The van der Waals surface area contributed by atoms with Crippen molar-refractivity contribution in [3.8, 4) is 0 Å². The van der Waals surface area contributed by atoms with Crippen LogP contribution in [0.1, 0.15) is 65.7 Å². The Morgan fingerprint density at radius 1 is 1.25 bits per heavy atom. The van der Waals surface area contributed by atoms with Crippen molar-refractivity contribution in [1.82, 2.24) is 0 Å². The fraction of sp³-hybridized carbons (Fsp3) is 0.722. The number of carbonyl (C=O) groups is 1. The lowest BCUT2D eigenvalue weighted by Gasteiger charge is -2.10. The molecule has 1 heterocycles. The molecule has 1 aliphatic rings. The van der Waals surface area contributed by atoms with Crippen LogP contribution in [0.4, 0.5) is 0 Å². The summed E-state index contributed by atoms with van der Waals surface area (Å²) in [7, 11) is 3.98. The van der Waals surface area contributed by atoms with Crippen LogP contribution in [-0.4, -0.2) is 28.9 Å². The summed E-state index contributed by atoms with van der Waals surface area (Å²) in [6.45, 7) is 9.46. The number of hydrogen-bond donors (Lipinski definition) is 1. The van der Waals surface area contributed by atoms with Crippen LogP contribution < -0.4 is 0 Å². The van der Waals surface area contributed by atoms with Crippen LogP contribution in [0.25, 0.3) is 0 Å². The molecule has 4 nitrogen and oxygen atoms in total. The highest BCUT2D eigenvalue weighted by Crippen LogP contribution is 2.39. The predicted molar refractivity (Wildman–Crippen MR) is 105 cm³/mol. The van der Waals surface area contributed by atoms with Crippen molar-refractivity contribution >= 4 is 27.6 Å². The summed E-state index contributed by atoms with van der Waals surface area (Å²) in [5.74, 6) is 1.76. The van der Waals surface area contributed by atoms with Gasteiger partial charge in [0.25, 0.3) is 0 Å². The minimum Gasteiger partial charge on any atom is -0.513 e. The Hall–Kier alpha value is -0.750. The quantitative estimate of drug-likeness (QED) is 0.157. The second kappa shape index (κ2) is 15.8. The lowest BCUT2D eigenvalue weighted by atomic mass is 10.1. The third-order valence-electron chi connectivity index (χ3n) is 3.36. The first-order valence-electron chi connectivity index (χ1n) is 8.70. The van der Waals surface area contributed by atoms with Crippen LogP contribution in [0.3, 0.4) is 0 Å². The number of allylic oxidation sites excluding steroid dienone is 3. The van der Waals surface area contributed by atoms with Crippen molar-refractivity contribution in [1.29, 1.82) is 0 Å². The Bertz CT molecular complexity index is 377. The number of esters is 1. The van der Waals surface area contributed by atoms with E-state index in [4.69, 9.17) is 9.47 Å². The van der Waals surface area contributed by atoms with Gasteiger partial charge in [0, 0.05) is 23.8 Å². The Balaban J connectivity index is 0.00000254. The highest BCUT2D eigenvalue weighted by Gasteiger charge is 2.15. The van der Waals surface area contributed by atoms with E-state index in [2.05, 4.69) is 6.58 Å². The number of carbonyl (C=O) groups excluding carboxylic acids is 1. The zero-order valence-electron chi connectivity index (χ0n) is 15.2. The molecule has 140 valence electrons. The third-order valence-corrected chi connectivity index (χ3v) is 6.37. The van der Waals surface area contributed by atoms with E-state index in [1.54, 1.807) is 13.0 Å². The minimum atomic E-state index is -0.378. The monoisotopic (exact) mass is 376 g/mol. The largest absolute Gasteiger partial charge is 0.513 e. The molecule has 24 heavy (non-hydrogen) atoms. The van der Waals surface area contributed by atoms with Gasteiger partial charge in [-0.2, -0.15) is 0 Å². The van der Waals surface area contributed by atoms with Gasteiger partial charge in [0.05, 0.1) is 17.9 Å². The molecule has 0 aromatic heterocycles. The smallest absolute Gasteiger partial charge is 0.309 e. The van der Waals surface area contributed by atoms with Gasteiger partial charge in [0.15, 0.2) is 0 Å². The first kappa shape index (κ1) is 23.2. The molecule has 6 heteroatoms. The maximum absolute atomic E-state index is 11.4. The van der Waals surface area contributed by atoms with E-state index < -0.39 is 0 Å². The minimum absolute atomic E-state index is 0.0939. The van der Waals surface area contributed by atoms with Gasteiger partial charge in [0.1, 0.15) is 0 Å². The molecule has 1 rings (SSSR count). The molecular weight excluding hydrogens is 344 g/mol. The topological polar surface area (TPSA) is 55.8 Å². The zero-order valence-corrected chi connectivity index (χ0v) is 16.8. The first-order valence-corrected chi connectivity index (χ1v) is 11.1. The first-order chi connectivity index (χ1) is 11.6. The summed E-state index contributed by atoms with van der Waals surface area (Å²) in [5.41, 5.74) is 0. The van der Waals surface area contributed by atoms with Gasteiger partial charge in [0.2, 0.25) is 6.79 Å². The van der Waals surface area contributed by atoms with Gasteiger partial charge in [-0.1, -0.05) is 48.4 Å². The molecule has 0 amide bonds. The van der Waals surface area contributed by atoms with Crippen molar-refractivity contribution in [2.75, 3.05) is 12.5 Å². The lowest BCUT2D eigenvalue weighted by molar-refractivity contribution is -0.153. The summed E-state index contributed by atoms with van der Waals surface area (Å²) < 4.78 is 10.2. The number of hydrogen-bond acceptors (Lipinski definition) is 6. The van der Waals surface area contributed by atoms with Crippen molar-refractivity contribution in [3.63, 3.8) is 0 Å². The SMILES string of the molecule is C=C(CCCCC1CCSS1)OCOC(=O)CC/C(O)=C\C.CC. The van der Waals surface area contributed by atoms with E-state index in [0.717, 1.165) is 18.1 Å². The number of rotatable bonds is 11. The Kier molecular flexibility index (Phi) is 15.3. The van der Waals surface area contributed by atoms with E-state index >= 15 is 0 Å². The number of aliphatic hydroxyl groups is 1. The van der Waals surface area contributed by atoms with E-state index in [1.165, 1.54) is 25.0 Å². The molecule has 1 unspecified atom stereocenters. The zero-order chi connectivity index (χ0) is 18.2. The maximum Gasteiger partial charge on any atom is 0.309 e. The molecule has 1 fully saturated rings.